The highest BCUT2D eigenvalue weighted by Crippen LogP contribution is 2.60. The number of amides is 1. The quantitative estimate of drug-likeness (QED) is 0.416. The highest BCUT2D eigenvalue weighted by molar-refractivity contribution is 8.23. The zero-order chi connectivity index (χ0) is 28.1. The van der Waals surface area contributed by atoms with E-state index in [0.717, 1.165) is 63.4 Å². The van der Waals surface area contributed by atoms with Crippen molar-refractivity contribution in [2.75, 3.05) is 93.0 Å². The number of ether oxygens (including phenoxy) is 3. The molecule has 4 heterocycles. The maximum Gasteiger partial charge on any atom is 0.274 e. The largest absolute Gasteiger partial charge is 0.383 e. The van der Waals surface area contributed by atoms with Crippen LogP contribution in [-0.2, 0) is 20.0 Å². The van der Waals surface area contributed by atoms with Crippen LogP contribution in [0.25, 0.3) is 11.3 Å². The maximum atomic E-state index is 13.7. The molecule has 1 aromatic heterocycles. The fourth-order valence-electron chi connectivity index (χ4n) is 5.96. The van der Waals surface area contributed by atoms with Crippen LogP contribution in [0.3, 0.4) is 0 Å². The minimum atomic E-state index is -3.09. The molecule has 1 amide bonds. The van der Waals surface area contributed by atoms with Crippen LogP contribution < -0.4 is 0 Å². The average Bonchev–Trinajstić information content (AvgIpc) is 3.35. The van der Waals surface area contributed by atoms with E-state index in [9.17, 15) is 13.9 Å². The van der Waals surface area contributed by atoms with Crippen LogP contribution in [0.4, 0.5) is 0 Å². The molecular weight excluding hydrogens is 534 g/mol. The second kappa shape index (κ2) is 13.3. The van der Waals surface area contributed by atoms with Gasteiger partial charge in [0.25, 0.3) is 5.91 Å². The van der Waals surface area contributed by atoms with Crippen molar-refractivity contribution in [1.82, 2.24) is 24.5 Å². The summed E-state index contributed by atoms with van der Waals surface area (Å²) < 4.78 is 40.3. The van der Waals surface area contributed by atoms with Gasteiger partial charge in [-0.3, -0.25) is 28.4 Å². The standard InChI is InChI=1S/C28H43N5O6S/c1-37-16-12-30(13-17-38-2)10-11-31-9-5-6-22(20-31)33-27-23-7-3-4-8-25(23)40(35,36)21-24(27)26(29-33)28(34)32-14-18-39-19-15-32/h3-4,7-8,22,35-36H,5-6,9-21H2,1-2H3. The summed E-state index contributed by atoms with van der Waals surface area (Å²) in [4.78, 5) is 20.9. The van der Waals surface area contributed by atoms with E-state index < -0.39 is 10.6 Å². The van der Waals surface area contributed by atoms with Gasteiger partial charge in [-0.1, -0.05) is 18.2 Å². The van der Waals surface area contributed by atoms with Gasteiger partial charge in [0.05, 0.1) is 48.8 Å². The van der Waals surface area contributed by atoms with E-state index in [4.69, 9.17) is 19.3 Å². The lowest BCUT2D eigenvalue weighted by Gasteiger charge is -2.39. The second-order valence-electron chi connectivity index (χ2n) is 10.8. The Morgan fingerprint density at radius 2 is 1.82 bits per heavy atom. The predicted molar refractivity (Wildman–Crippen MR) is 154 cm³/mol. The molecule has 2 saturated heterocycles. The zero-order valence-electron chi connectivity index (χ0n) is 23.7. The molecule has 2 aromatic rings. The summed E-state index contributed by atoms with van der Waals surface area (Å²) in [5.74, 6) is -0.151. The molecule has 0 aliphatic carbocycles. The fourth-order valence-corrected chi connectivity index (χ4v) is 7.61. The summed E-state index contributed by atoms with van der Waals surface area (Å²) in [5.41, 5.74) is 2.61. The van der Waals surface area contributed by atoms with Gasteiger partial charge in [-0.25, -0.2) is 0 Å². The summed E-state index contributed by atoms with van der Waals surface area (Å²) in [6.07, 6.45) is 1.98. The Kier molecular flexibility index (Phi) is 9.80. The van der Waals surface area contributed by atoms with Crippen molar-refractivity contribution in [2.45, 2.75) is 29.5 Å². The van der Waals surface area contributed by atoms with Gasteiger partial charge in [-0.15, -0.1) is 0 Å². The lowest BCUT2D eigenvalue weighted by molar-refractivity contribution is 0.0297. The van der Waals surface area contributed by atoms with Gasteiger partial charge < -0.3 is 19.1 Å². The van der Waals surface area contributed by atoms with Crippen LogP contribution in [0, 0.1) is 0 Å². The number of methoxy groups -OCH3 is 2. The van der Waals surface area contributed by atoms with Gasteiger partial charge in [-0.2, -0.15) is 15.7 Å². The Bertz CT molecular complexity index is 1150. The number of benzene rings is 1. The molecule has 3 aliphatic rings. The minimum Gasteiger partial charge on any atom is -0.383 e. The molecule has 5 rings (SSSR count). The number of hydrogen-bond donors (Lipinski definition) is 2. The lowest BCUT2D eigenvalue weighted by Crippen LogP contribution is -2.43. The molecule has 40 heavy (non-hydrogen) atoms. The van der Waals surface area contributed by atoms with E-state index in [2.05, 4.69) is 9.80 Å². The number of likely N-dealkylation sites (tertiary alicyclic amines) is 1. The van der Waals surface area contributed by atoms with Crippen LogP contribution in [0.1, 0.15) is 34.9 Å². The molecule has 2 N–H and O–H groups in total. The summed E-state index contributed by atoms with van der Waals surface area (Å²) in [7, 11) is 0.363. The van der Waals surface area contributed by atoms with Crippen molar-refractivity contribution in [1.29, 1.82) is 0 Å². The smallest absolute Gasteiger partial charge is 0.274 e. The number of carbonyl (C=O) groups excluding carboxylic acids is 1. The van der Waals surface area contributed by atoms with Gasteiger partial charge in [0.1, 0.15) is 0 Å². The third-order valence-corrected chi connectivity index (χ3v) is 9.88. The van der Waals surface area contributed by atoms with Crippen molar-refractivity contribution in [3.63, 3.8) is 0 Å². The Labute approximate surface area is 238 Å². The van der Waals surface area contributed by atoms with E-state index in [1.54, 1.807) is 25.2 Å². The van der Waals surface area contributed by atoms with Crippen LogP contribution in [0.15, 0.2) is 29.2 Å². The molecule has 3 aliphatic heterocycles. The van der Waals surface area contributed by atoms with Crippen molar-refractivity contribution in [3.8, 4) is 11.3 Å². The van der Waals surface area contributed by atoms with E-state index in [1.807, 2.05) is 22.9 Å². The molecule has 12 heteroatoms. The molecular formula is C28H43N5O6S. The molecule has 0 saturated carbocycles. The highest BCUT2D eigenvalue weighted by atomic mass is 32.3. The number of piperidine rings is 1. The van der Waals surface area contributed by atoms with Gasteiger partial charge in [0.2, 0.25) is 0 Å². The molecule has 0 radical (unpaired) electrons. The van der Waals surface area contributed by atoms with Crippen molar-refractivity contribution in [2.24, 2.45) is 0 Å². The predicted octanol–water partition coefficient (Wildman–Crippen LogP) is 2.88. The maximum absolute atomic E-state index is 13.7. The van der Waals surface area contributed by atoms with Crippen LogP contribution in [0.5, 0.6) is 0 Å². The molecule has 1 unspecified atom stereocenters. The fraction of sp³-hybridized carbons (Fsp3) is 0.643. The normalized spacial score (nSPS) is 21.7. The zero-order valence-corrected chi connectivity index (χ0v) is 24.5. The minimum absolute atomic E-state index is 0.00908. The van der Waals surface area contributed by atoms with Crippen molar-refractivity contribution < 1.29 is 28.1 Å². The van der Waals surface area contributed by atoms with Crippen molar-refractivity contribution >= 4 is 16.5 Å². The molecule has 222 valence electrons. The molecule has 1 atom stereocenters. The van der Waals surface area contributed by atoms with E-state index in [1.165, 1.54) is 0 Å². The topological polar surface area (TPSA) is 113 Å². The third-order valence-electron chi connectivity index (χ3n) is 8.13. The van der Waals surface area contributed by atoms with Gasteiger partial charge >= 0.3 is 0 Å². The number of aromatic nitrogens is 2. The SMILES string of the molecule is COCCN(CCOC)CCN1CCCC(n2nc(C(=O)N3CCOCC3)c3c2-c2ccccc2S(O)(O)C3)C1. The Hall–Kier alpha value is -2.03. The van der Waals surface area contributed by atoms with Crippen LogP contribution in [0.2, 0.25) is 0 Å². The van der Waals surface area contributed by atoms with E-state index >= 15 is 0 Å². The van der Waals surface area contributed by atoms with E-state index in [-0.39, 0.29) is 17.7 Å². The van der Waals surface area contributed by atoms with Gasteiger partial charge in [-0.05, 0) is 25.5 Å². The number of hydrogen-bond acceptors (Lipinski definition) is 9. The van der Waals surface area contributed by atoms with Gasteiger partial charge in [0.15, 0.2) is 5.69 Å². The van der Waals surface area contributed by atoms with Crippen molar-refractivity contribution in [3.05, 3.63) is 35.5 Å². The molecule has 0 spiro atoms. The monoisotopic (exact) mass is 577 g/mol. The summed E-state index contributed by atoms with van der Waals surface area (Å²) >= 11 is 0. The lowest BCUT2D eigenvalue weighted by atomic mass is 10.0. The molecule has 11 nitrogen and oxygen atoms in total. The first-order valence-corrected chi connectivity index (χ1v) is 15.9. The number of morpholine rings is 1. The molecule has 0 bridgehead atoms. The molecule has 1 aromatic carbocycles. The van der Waals surface area contributed by atoms with E-state index in [0.29, 0.717) is 55.7 Å². The number of rotatable bonds is 11. The summed E-state index contributed by atoms with van der Waals surface area (Å²) in [6, 6.07) is 7.53. The first-order chi connectivity index (χ1) is 19.4. The number of nitrogens with zero attached hydrogens (tertiary/aromatic N) is 5. The Balaban J connectivity index is 1.42. The first kappa shape index (κ1) is 29.5. The average molecular weight is 578 g/mol. The van der Waals surface area contributed by atoms with Gasteiger partial charge in [0, 0.05) is 71.2 Å². The van der Waals surface area contributed by atoms with Crippen LogP contribution in [-0.4, -0.2) is 132 Å². The first-order valence-electron chi connectivity index (χ1n) is 14.2. The summed E-state index contributed by atoms with van der Waals surface area (Å²) in [5, 5.41) is 4.97. The van der Waals surface area contributed by atoms with Crippen LogP contribution >= 0.6 is 10.6 Å². The second-order valence-corrected chi connectivity index (χ2v) is 12.8. The number of fused-ring (bicyclic) bond motifs is 3. The highest BCUT2D eigenvalue weighted by Gasteiger charge is 2.39. The molecule has 2 fully saturated rings. The summed E-state index contributed by atoms with van der Waals surface area (Å²) in [6.45, 7) is 8.77. The Morgan fingerprint density at radius 3 is 2.55 bits per heavy atom. The third kappa shape index (κ3) is 6.39. The Morgan fingerprint density at radius 1 is 1.10 bits per heavy atom. The number of carbonyl (C=O) groups is 1.